The van der Waals surface area contributed by atoms with Gasteiger partial charge in [0.1, 0.15) is 0 Å². The summed E-state index contributed by atoms with van der Waals surface area (Å²) in [5.74, 6) is 0.667. The van der Waals surface area contributed by atoms with Crippen molar-refractivity contribution in [3.8, 4) is 0 Å². The lowest BCUT2D eigenvalue weighted by atomic mass is 9.87. The minimum Gasteiger partial charge on any atom is -0.399 e. The second-order valence-corrected chi connectivity index (χ2v) is 12.7. The Labute approximate surface area is 261 Å². The summed E-state index contributed by atoms with van der Waals surface area (Å²) in [6, 6.07) is 35.2. The fourth-order valence-electron chi connectivity index (χ4n) is 6.19. The highest BCUT2D eigenvalue weighted by Crippen LogP contribution is 2.24. The van der Waals surface area contributed by atoms with Crippen LogP contribution in [0.2, 0.25) is 0 Å². The fraction of sp³-hybridized carbons (Fsp3) is 0.415. The summed E-state index contributed by atoms with van der Waals surface area (Å²) in [6.07, 6.45) is 19.4. The van der Waals surface area contributed by atoms with E-state index in [0.717, 1.165) is 37.1 Å². The third-order valence-corrected chi connectivity index (χ3v) is 8.84. The molecule has 4 rings (SSSR count). The Morgan fingerprint density at radius 2 is 0.698 bits per heavy atom. The van der Waals surface area contributed by atoms with Crippen LogP contribution in [0.25, 0.3) is 0 Å². The van der Waals surface area contributed by atoms with Gasteiger partial charge < -0.3 is 11.5 Å². The highest BCUT2D eigenvalue weighted by Gasteiger charge is 2.12. The first kappa shape index (κ1) is 32.4. The summed E-state index contributed by atoms with van der Waals surface area (Å²) in [4.78, 5) is 0. The lowest BCUT2D eigenvalue weighted by molar-refractivity contribution is 0.444. The molecule has 2 nitrogen and oxygen atoms in total. The number of rotatable bonds is 19. The van der Waals surface area contributed by atoms with Gasteiger partial charge in [-0.2, -0.15) is 0 Å². The molecule has 0 amide bonds. The van der Waals surface area contributed by atoms with E-state index < -0.39 is 0 Å². The van der Waals surface area contributed by atoms with E-state index in [4.69, 9.17) is 11.5 Å². The molecule has 0 radical (unpaired) electrons. The molecule has 4 aromatic carbocycles. The number of nitrogen functional groups attached to an aromatic ring is 2. The van der Waals surface area contributed by atoms with Gasteiger partial charge in [0.15, 0.2) is 0 Å². The van der Waals surface area contributed by atoms with Crippen molar-refractivity contribution in [3.63, 3.8) is 0 Å². The van der Waals surface area contributed by atoms with E-state index in [9.17, 15) is 0 Å². The van der Waals surface area contributed by atoms with Gasteiger partial charge in [-0.1, -0.05) is 144 Å². The van der Waals surface area contributed by atoms with Crippen molar-refractivity contribution < 1.29 is 0 Å². The van der Waals surface area contributed by atoms with Crippen molar-refractivity contribution in [2.45, 2.75) is 103 Å². The standard InChI is InChI=1S/C41H54N2/c1-2-3-4-5-6-7-8-9-10-11-12-39(31-35-17-13-33(14-18-35)29-37-21-25-40(42)26-22-37)32-36-19-15-34(16-20-36)30-38-23-27-41(43)28-24-38/h13-28,39H,2-12,29-32,42-43H2,1H3. The maximum absolute atomic E-state index is 5.87. The third-order valence-electron chi connectivity index (χ3n) is 8.84. The van der Waals surface area contributed by atoms with Gasteiger partial charge in [0.2, 0.25) is 0 Å². The zero-order chi connectivity index (χ0) is 30.1. The van der Waals surface area contributed by atoms with Crippen LogP contribution in [0, 0.1) is 5.92 Å². The van der Waals surface area contributed by atoms with Crippen LogP contribution in [0.15, 0.2) is 97.1 Å². The van der Waals surface area contributed by atoms with Gasteiger partial charge in [0.25, 0.3) is 0 Å². The fourth-order valence-corrected chi connectivity index (χ4v) is 6.19. The molecule has 0 aliphatic carbocycles. The number of nitrogens with two attached hydrogens (primary N) is 2. The summed E-state index contributed by atoms with van der Waals surface area (Å²) in [6.45, 7) is 2.30. The summed E-state index contributed by atoms with van der Waals surface area (Å²) in [5, 5.41) is 0. The van der Waals surface area contributed by atoms with E-state index in [-0.39, 0.29) is 0 Å². The maximum atomic E-state index is 5.87. The van der Waals surface area contributed by atoms with Crippen LogP contribution in [0.3, 0.4) is 0 Å². The molecule has 0 atom stereocenters. The molecule has 4 aromatic rings. The van der Waals surface area contributed by atoms with Crippen LogP contribution in [0.1, 0.15) is 111 Å². The normalized spacial score (nSPS) is 11.3. The van der Waals surface area contributed by atoms with Crippen LogP contribution in [0.5, 0.6) is 0 Å². The monoisotopic (exact) mass is 574 g/mol. The lowest BCUT2D eigenvalue weighted by Gasteiger charge is -2.18. The second-order valence-electron chi connectivity index (χ2n) is 12.7. The van der Waals surface area contributed by atoms with Gasteiger partial charge in [-0.15, -0.1) is 0 Å². The molecule has 0 spiro atoms. The molecule has 43 heavy (non-hydrogen) atoms. The van der Waals surface area contributed by atoms with Gasteiger partial charge in [0.05, 0.1) is 0 Å². The average Bonchev–Trinajstić information content (AvgIpc) is 3.02. The summed E-state index contributed by atoms with van der Waals surface area (Å²) in [7, 11) is 0. The highest BCUT2D eigenvalue weighted by atomic mass is 14.5. The van der Waals surface area contributed by atoms with Gasteiger partial charge in [0, 0.05) is 11.4 Å². The van der Waals surface area contributed by atoms with Crippen molar-refractivity contribution in [2.75, 3.05) is 11.5 Å². The molecule has 0 heterocycles. The molecule has 0 aromatic heterocycles. The van der Waals surface area contributed by atoms with Crippen LogP contribution >= 0.6 is 0 Å². The Morgan fingerprint density at radius 3 is 1.07 bits per heavy atom. The molecular weight excluding hydrogens is 520 g/mol. The molecule has 0 saturated carbocycles. The minimum absolute atomic E-state index is 0.667. The van der Waals surface area contributed by atoms with Crippen LogP contribution in [-0.4, -0.2) is 0 Å². The molecule has 228 valence electrons. The molecule has 0 unspecified atom stereocenters. The van der Waals surface area contributed by atoms with Crippen molar-refractivity contribution in [3.05, 3.63) is 130 Å². The zero-order valence-electron chi connectivity index (χ0n) is 26.6. The van der Waals surface area contributed by atoms with Crippen molar-refractivity contribution >= 4 is 11.4 Å². The minimum atomic E-state index is 0.667. The SMILES string of the molecule is CCCCCCCCCCCCC(Cc1ccc(Cc2ccc(N)cc2)cc1)Cc1ccc(Cc2ccc(N)cc2)cc1. The first-order valence-corrected chi connectivity index (χ1v) is 16.9. The van der Waals surface area contributed by atoms with Crippen molar-refractivity contribution in [1.29, 1.82) is 0 Å². The molecule has 0 saturated heterocycles. The molecule has 0 aliphatic rings. The predicted molar refractivity (Wildman–Crippen MR) is 188 cm³/mol. The Bertz CT molecular complexity index is 1200. The smallest absolute Gasteiger partial charge is 0.0314 e. The number of hydrogen-bond acceptors (Lipinski definition) is 2. The third kappa shape index (κ3) is 12.3. The Balaban J connectivity index is 1.30. The highest BCUT2D eigenvalue weighted by molar-refractivity contribution is 5.42. The molecule has 2 heteroatoms. The van der Waals surface area contributed by atoms with Gasteiger partial charge in [-0.3, -0.25) is 0 Å². The number of unbranched alkanes of at least 4 members (excludes halogenated alkanes) is 9. The number of benzene rings is 4. The second kappa shape index (κ2) is 18.2. The Morgan fingerprint density at radius 1 is 0.395 bits per heavy atom. The molecule has 0 aliphatic heterocycles. The van der Waals surface area contributed by atoms with Gasteiger partial charge in [-0.25, -0.2) is 0 Å². The molecular formula is C41H54N2. The Kier molecular flexibility index (Phi) is 13.7. The summed E-state index contributed by atoms with van der Waals surface area (Å²) in [5.41, 5.74) is 21.6. The van der Waals surface area contributed by atoms with E-state index in [1.807, 2.05) is 24.3 Å². The zero-order valence-corrected chi connectivity index (χ0v) is 26.6. The Hall–Kier alpha value is -3.52. The number of hydrogen-bond donors (Lipinski definition) is 2. The van der Waals surface area contributed by atoms with Gasteiger partial charge >= 0.3 is 0 Å². The van der Waals surface area contributed by atoms with E-state index in [1.165, 1.54) is 104 Å². The van der Waals surface area contributed by atoms with E-state index in [1.54, 1.807) is 0 Å². The molecule has 4 N–H and O–H groups in total. The molecule has 0 fully saturated rings. The van der Waals surface area contributed by atoms with Crippen molar-refractivity contribution in [2.24, 2.45) is 5.92 Å². The van der Waals surface area contributed by atoms with E-state index in [2.05, 4.69) is 79.7 Å². The van der Waals surface area contributed by atoms with E-state index in [0.29, 0.717) is 5.92 Å². The van der Waals surface area contributed by atoms with Crippen molar-refractivity contribution in [1.82, 2.24) is 0 Å². The largest absolute Gasteiger partial charge is 0.399 e. The van der Waals surface area contributed by atoms with Gasteiger partial charge in [-0.05, 0) is 95.7 Å². The lowest BCUT2D eigenvalue weighted by Crippen LogP contribution is -2.09. The number of anilines is 2. The molecule has 0 bridgehead atoms. The average molecular weight is 575 g/mol. The van der Waals surface area contributed by atoms with Crippen LogP contribution < -0.4 is 11.5 Å². The topological polar surface area (TPSA) is 52.0 Å². The van der Waals surface area contributed by atoms with E-state index >= 15 is 0 Å². The maximum Gasteiger partial charge on any atom is 0.0314 e. The summed E-state index contributed by atoms with van der Waals surface area (Å²) < 4.78 is 0. The quantitative estimate of drug-likeness (QED) is 0.0864. The first-order chi connectivity index (χ1) is 21.1. The first-order valence-electron chi connectivity index (χ1n) is 16.9. The van der Waals surface area contributed by atoms with Crippen LogP contribution in [0.4, 0.5) is 11.4 Å². The summed E-state index contributed by atoms with van der Waals surface area (Å²) >= 11 is 0. The van der Waals surface area contributed by atoms with Crippen LogP contribution in [-0.2, 0) is 25.7 Å². The predicted octanol–water partition coefficient (Wildman–Crippen LogP) is 10.7.